The third kappa shape index (κ3) is 7.38. The van der Waals surface area contributed by atoms with Crippen molar-refractivity contribution in [2.24, 2.45) is 5.92 Å². The van der Waals surface area contributed by atoms with Gasteiger partial charge >= 0.3 is 0 Å². The number of carbonyl (C=O) groups is 1. The molecule has 7 nitrogen and oxygen atoms in total. The molecule has 7 heteroatoms. The molecule has 1 aliphatic heterocycles. The van der Waals surface area contributed by atoms with Crippen molar-refractivity contribution >= 4 is 16.8 Å². The van der Waals surface area contributed by atoms with Crippen molar-refractivity contribution in [2.75, 3.05) is 32.9 Å². The molecule has 5 rings (SSSR count). The van der Waals surface area contributed by atoms with E-state index in [4.69, 9.17) is 19.2 Å². The summed E-state index contributed by atoms with van der Waals surface area (Å²) in [7, 11) is 0. The summed E-state index contributed by atoms with van der Waals surface area (Å²) in [6, 6.07) is 8.36. The SMILES string of the molecule is CC(C)N1CCC[C@@H](NC(=O)c2cc(OCCOCC3CC3)c3cccc(OC4CCCCCC4)c3n2)C1. The first-order chi connectivity index (χ1) is 18.6. The Kier molecular flexibility index (Phi) is 9.39. The minimum Gasteiger partial charge on any atom is -0.490 e. The monoisotopic (exact) mass is 523 g/mol. The second kappa shape index (κ2) is 13.1. The third-order valence-corrected chi connectivity index (χ3v) is 8.15. The van der Waals surface area contributed by atoms with E-state index in [9.17, 15) is 4.79 Å². The van der Waals surface area contributed by atoms with Crippen molar-refractivity contribution in [1.82, 2.24) is 15.2 Å². The van der Waals surface area contributed by atoms with Crippen LogP contribution in [-0.4, -0.2) is 66.9 Å². The number of amides is 1. The van der Waals surface area contributed by atoms with Gasteiger partial charge in [0, 0.05) is 36.7 Å². The van der Waals surface area contributed by atoms with Gasteiger partial charge in [-0.25, -0.2) is 4.98 Å². The number of carbonyl (C=O) groups excluding carboxylic acids is 1. The number of hydrogen-bond donors (Lipinski definition) is 1. The van der Waals surface area contributed by atoms with E-state index < -0.39 is 0 Å². The van der Waals surface area contributed by atoms with Gasteiger partial charge in [-0.1, -0.05) is 18.9 Å². The Balaban J connectivity index is 1.36. The number of fused-ring (bicyclic) bond motifs is 1. The second-order valence-electron chi connectivity index (χ2n) is 11.7. The third-order valence-electron chi connectivity index (χ3n) is 8.15. The molecular weight excluding hydrogens is 478 g/mol. The molecule has 208 valence electrons. The van der Waals surface area contributed by atoms with Gasteiger partial charge in [-0.15, -0.1) is 0 Å². The smallest absolute Gasteiger partial charge is 0.270 e. The quantitative estimate of drug-likeness (QED) is 0.299. The van der Waals surface area contributed by atoms with Crippen LogP contribution in [0, 0.1) is 5.92 Å². The zero-order valence-electron chi connectivity index (χ0n) is 23.3. The summed E-state index contributed by atoms with van der Waals surface area (Å²) in [5.74, 6) is 1.97. The van der Waals surface area contributed by atoms with Gasteiger partial charge in [0.15, 0.2) is 0 Å². The predicted octanol–water partition coefficient (Wildman–Crippen LogP) is 5.74. The molecule has 2 aliphatic carbocycles. The van der Waals surface area contributed by atoms with Crippen molar-refractivity contribution in [3.8, 4) is 11.5 Å². The van der Waals surface area contributed by atoms with E-state index in [2.05, 4.69) is 24.1 Å². The lowest BCUT2D eigenvalue weighted by Gasteiger charge is -2.35. The van der Waals surface area contributed by atoms with Gasteiger partial charge in [0.1, 0.15) is 29.3 Å². The number of ether oxygens (including phenoxy) is 3. The van der Waals surface area contributed by atoms with Crippen molar-refractivity contribution in [2.45, 2.75) is 96.2 Å². The van der Waals surface area contributed by atoms with Crippen LogP contribution in [-0.2, 0) is 4.74 Å². The molecule has 0 unspecified atom stereocenters. The van der Waals surface area contributed by atoms with Gasteiger partial charge in [-0.3, -0.25) is 9.69 Å². The maximum atomic E-state index is 13.5. The topological polar surface area (TPSA) is 72.9 Å². The summed E-state index contributed by atoms with van der Waals surface area (Å²) in [5, 5.41) is 4.13. The molecule has 0 bridgehead atoms. The Bertz CT molecular complexity index is 1060. The van der Waals surface area contributed by atoms with Gasteiger partial charge in [0.2, 0.25) is 0 Å². The van der Waals surface area contributed by atoms with E-state index in [1.54, 1.807) is 6.07 Å². The molecule has 1 atom stereocenters. The number of piperidine rings is 1. The Labute approximate surface area is 227 Å². The fourth-order valence-corrected chi connectivity index (χ4v) is 5.66. The zero-order valence-corrected chi connectivity index (χ0v) is 23.3. The molecule has 1 N–H and O–H groups in total. The average molecular weight is 524 g/mol. The minimum atomic E-state index is -0.151. The molecule has 0 spiro atoms. The fourth-order valence-electron chi connectivity index (χ4n) is 5.66. The molecule has 1 amide bonds. The van der Waals surface area contributed by atoms with Crippen molar-refractivity contribution in [3.63, 3.8) is 0 Å². The molecule has 2 aromatic rings. The van der Waals surface area contributed by atoms with Gasteiger partial charge in [-0.05, 0) is 89.8 Å². The molecule has 2 heterocycles. The Hall–Kier alpha value is -2.38. The largest absolute Gasteiger partial charge is 0.490 e. The van der Waals surface area contributed by atoms with E-state index in [0.29, 0.717) is 36.2 Å². The van der Waals surface area contributed by atoms with Crippen LogP contribution in [0.15, 0.2) is 24.3 Å². The van der Waals surface area contributed by atoms with Crippen LogP contribution in [0.5, 0.6) is 11.5 Å². The molecular formula is C31H45N3O4. The summed E-state index contributed by atoms with van der Waals surface area (Å²) in [6.07, 6.45) is 11.9. The van der Waals surface area contributed by atoms with Gasteiger partial charge < -0.3 is 19.5 Å². The lowest BCUT2D eigenvalue weighted by molar-refractivity contribution is 0.0878. The van der Waals surface area contributed by atoms with Crippen molar-refractivity contribution < 1.29 is 19.0 Å². The lowest BCUT2D eigenvalue weighted by atomic mass is 10.0. The minimum absolute atomic E-state index is 0.119. The fraction of sp³-hybridized carbons (Fsp3) is 0.677. The van der Waals surface area contributed by atoms with Crippen LogP contribution in [0.25, 0.3) is 10.9 Å². The second-order valence-corrected chi connectivity index (χ2v) is 11.7. The molecule has 2 saturated carbocycles. The summed E-state index contributed by atoms with van der Waals surface area (Å²) in [5.41, 5.74) is 1.08. The number of benzene rings is 1. The summed E-state index contributed by atoms with van der Waals surface area (Å²) < 4.78 is 18.5. The van der Waals surface area contributed by atoms with Crippen LogP contribution in [0.4, 0.5) is 0 Å². The Morgan fingerprint density at radius 2 is 1.84 bits per heavy atom. The molecule has 1 aromatic carbocycles. The number of nitrogens with one attached hydrogen (secondary N) is 1. The number of rotatable bonds is 11. The number of nitrogens with zero attached hydrogens (tertiary/aromatic N) is 2. The number of likely N-dealkylation sites (tertiary alicyclic amines) is 1. The van der Waals surface area contributed by atoms with Crippen LogP contribution in [0.3, 0.4) is 0 Å². The molecule has 1 aromatic heterocycles. The molecule has 1 saturated heterocycles. The van der Waals surface area contributed by atoms with E-state index in [0.717, 1.165) is 62.4 Å². The van der Waals surface area contributed by atoms with E-state index >= 15 is 0 Å². The first kappa shape index (κ1) is 27.2. The van der Waals surface area contributed by atoms with Gasteiger partial charge in [-0.2, -0.15) is 0 Å². The molecule has 3 fully saturated rings. The van der Waals surface area contributed by atoms with Gasteiger partial charge in [0.25, 0.3) is 5.91 Å². The number of para-hydroxylation sites is 1. The highest BCUT2D eigenvalue weighted by atomic mass is 16.5. The summed E-state index contributed by atoms with van der Waals surface area (Å²) in [4.78, 5) is 20.8. The first-order valence-corrected chi connectivity index (χ1v) is 14.9. The normalized spacial score (nSPS) is 21.4. The highest BCUT2D eigenvalue weighted by molar-refractivity contribution is 5.98. The van der Waals surface area contributed by atoms with Crippen LogP contribution in [0.1, 0.15) is 88.5 Å². The van der Waals surface area contributed by atoms with Gasteiger partial charge in [0.05, 0.1) is 12.7 Å². The maximum absolute atomic E-state index is 13.5. The van der Waals surface area contributed by atoms with Crippen LogP contribution >= 0.6 is 0 Å². The zero-order chi connectivity index (χ0) is 26.3. The lowest BCUT2D eigenvalue weighted by Crippen LogP contribution is -2.49. The predicted molar refractivity (Wildman–Crippen MR) is 150 cm³/mol. The molecule has 0 radical (unpaired) electrons. The van der Waals surface area contributed by atoms with E-state index in [1.807, 2.05) is 18.2 Å². The Morgan fingerprint density at radius 3 is 2.61 bits per heavy atom. The highest BCUT2D eigenvalue weighted by Crippen LogP contribution is 2.34. The first-order valence-electron chi connectivity index (χ1n) is 14.9. The van der Waals surface area contributed by atoms with Crippen LogP contribution < -0.4 is 14.8 Å². The summed E-state index contributed by atoms with van der Waals surface area (Å²) >= 11 is 0. The summed E-state index contributed by atoms with van der Waals surface area (Å²) in [6.45, 7) is 8.16. The van der Waals surface area contributed by atoms with Crippen molar-refractivity contribution in [3.05, 3.63) is 30.0 Å². The number of hydrogen-bond acceptors (Lipinski definition) is 6. The van der Waals surface area contributed by atoms with E-state index in [-0.39, 0.29) is 18.1 Å². The molecule has 3 aliphatic rings. The van der Waals surface area contributed by atoms with Crippen LogP contribution in [0.2, 0.25) is 0 Å². The average Bonchev–Trinajstić information content (AvgIpc) is 3.77. The van der Waals surface area contributed by atoms with Crippen molar-refractivity contribution in [1.29, 1.82) is 0 Å². The number of pyridine rings is 1. The highest BCUT2D eigenvalue weighted by Gasteiger charge is 2.25. The molecule has 38 heavy (non-hydrogen) atoms. The Morgan fingerprint density at radius 1 is 1.03 bits per heavy atom. The number of aromatic nitrogens is 1. The maximum Gasteiger partial charge on any atom is 0.270 e. The van der Waals surface area contributed by atoms with E-state index in [1.165, 1.54) is 38.5 Å². The standard InChI is InChI=1S/C31H45N3O4/c1-22(2)34-16-8-9-24(20-34)32-31(35)27-19-29(37-18-17-36-21-23-14-15-23)26-12-7-13-28(30(26)33-27)38-25-10-5-3-4-6-11-25/h7,12-13,19,22-25H,3-6,8-11,14-18,20-21H2,1-2H3,(H,32,35)/t24-/m1/s1.